The number of nitriles is 1. The van der Waals surface area contributed by atoms with Crippen molar-refractivity contribution in [3.63, 3.8) is 0 Å². The summed E-state index contributed by atoms with van der Waals surface area (Å²) in [5.74, 6) is 0. The summed E-state index contributed by atoms with van der Waals surface area (Å²) >= 11 is 0. The maximum absolute atomic E-state index is 11.2. The molecule has 2 aliphatic rings. The predicted octanol–water partition coefficient (Wildman–Crippen LogP) is 4.96. The van der Waals surface area contributed by atoms with Gasteiger partial charge in [0.2, 0.25) is 0 Å². The predicted molar refractivity (Wildman–Crippen MR) is 206 cm³/mol. The van der Waals surface area contributed by atoms with Crippen LogP contribution < -0.4 is 9.80 Å². The molecular weight excluding hydrogens is 674 g/mol. The van der Waals surface area contributed by atoms with Crippen LogP contribution in [-0.2, 0) is 43.3 Å². The number of nitrogens with zero attached hydrogens (tertiary/aromatic N) is 3. The van der Waals surface area contributed by atoms with E-state index in [4.69, 9.17) is 37.9 Å². The van der Waals surface area contributed by atoms with E-state index in [1.165, 1.54) is 0 Å². The topological polar surface area (TPSA) is 104 Å². The van der Waals surface area contributed by atoms with Crippen LogP contribution in [0.3, 0.4) is 0 Å². The van der Waals surface area contributed by atoms with Gasteiger partial charge in [-0.3, -0.25) is 0 Å². The molecule has 0 amide bonds. The van der Waals surface area contributed by atoms with Gasteiger partial charge in [-0.25, -0.2) is 0 Å². The van der Waals surface area contributed by atoms with E-state index in [9.17, 15) is 5.26 Å². The molecule has 11 nitrogen and oxygen atoms in total. The Morgan fingerprint density at radius 2 is 0.698 bits per heavy atom. The average Bonchev–Trinajstić information content (AvgIpc) is 3.22. The Morgan fingerprint density at radius 1 is 0.434 bits per heavy atom. The zero-order valence-electron chi connectivity index (χ0n) is 31.0. The molecular formula is C42H55N3O8. The molecule has 0 saturated carbocycles. The van der Waals surface area contributed by atoms with E-state index in [2.05, 4.69) is 71.0 Å². The van der Waals surface area contributed by atoms with Crippen LogP contribution in [-0.4, -0.2) is 132 Å². The number of hydrogen-bond acceptors (Lipinski definition) is 11. The fourth-order valence-corrected chi connectivity index (χ4v) is 6.37. The van der Waals surface area contributed by atoms with Crippen LogP contribution in [0.5, 0.6) is 0 Å². The van der Waals surface area contributed by atoms with Gasteiger partial charge in [0, 0.05) is 37.6 Å². The maximum atomic E-state index is 11.2. The highest BCUT2D eigenvalue weighted by Crippen LogP contribution is 2.40. The summed E-state index contributed by atoms with van der Waals surface area (Å²) in [7, 11) is 0. The molecule has 3 aromatic carbocycles. The van der Waals surface area contributed by atoms with Crippen molar-refractivity contribution in [1.29, 1.82) is 5.26 Å². The summed E-state index contributed by atoms with van der Waals surface area (Å²) < 4.78 is 45.8. The monoisotopic (exact) mass is 729 g/mol. The molecule has 0 unspecified atom stereocenters. The molecule has 0 spiro atoms. The summed E-state index contributed by atoms with van der Waals surface area (Å²) in [5.41, 5.74) is 4.62. The minimum atomic E-state index is -1.07. The Hall–Kier alpha value is -3.83. The van der Waals surface area contributed by atoms with Crippen molar-refractivity contribution in [2.45, 2.75) is 5.41 Å². The summed E-state index contributed by atoms with van der Waals surface area (Å²) in [6.07, 6.45) is 1.81. The van der Waals surface area contributed by atoms with Gasteiger partial charge in [-0.2, -0.15) is 5.26 Å². The molecule has 11 heteroatoms. The van der Waals surface area contributed by atoms with Gasteiger partial charge in [0.1, 0.15) is 5.41 Å². The fourth-order valence-electron chi connectivity index (χ4n) is 6.37. The molecule has 2 saturated heterocycles. The minimum Gasteiger partial charge on any atom is -0.377 e. The Morgan fingerprint density at radius 3 is 0.962 bits per heavy atom. The third-order valence-corrected chi connectivity index (χ3v) is 9.33. The van der Waals surface area contributed by atoms with E-state index in [1.54, 1.807) is 0 Å². The van der Waals surface area contributed by atoms with Crippen molar-refractivity contribution in [2.75, 3.05) is 142 Å². The lowest BCUT2D eigenvalue weighted by molar-refractivity contribution is 0.00206. The van der Waals surface area contributed by atoms with Crippen LogP contribution in [0.15, 0.2) is 79.4 Å². The van der Waals surface area contributed by atoms with Gasteiger partial charge in [-0.05, 0) is 46.5 Å². The maximum Gasteiger partial charge on any atom is 0.132 e. The molecule has 0 radical (unpaired) electrons. The lowest BCUT2D eigenvalue weighted by Gasteiger charge is -2.31. The quantitative estimate of drug-likeness (QED) is 0.322. The van der Waals surface area contributed by atoms with Gasteiger partial charge < -0.3 is 47.7 Å². The van der Waals surface area contributed by atoms with E-state index < -0.39 is 5.41 Å². The van der Waals surface area contributed by atoms with Gasteiger partial charge >= 0.3 is 0 Å². The molecule has 0 aliphatic carbocycles. The van der Waals surface area contributed by atoms with Crippen LogP contribution in [0.2, 0.25) is 0 Å². The third kappa shape index (κ3) is 12.4. The summed E-state index contributed by atoms with van der Waals surface area (Å²) in [4.78, 5) is 4.51. The smallest absolute Gasteiger partial charge is 0.132 e. The van der Waals surface area contributed by atoms with Crippen LogP contribution in [0, 0.1) is 11.3 Å². The van der Waals surface area contributed by atoms with Crippen molar-refractivity contribution in [1.82, 2.24) is 0 Å². The first-order valence-corrected chi connectivity index (χ1v) is 18.7. The molecule has 3 aromatic rings. The van der Waals surface area contributed by atoms with Crippen LogP contribution in [0.4, 0.5) is 11.4 Å². The zero-order valence-corrected chi connectivity index (χ0v) is 31.0. The highest BCUT2D eigenvalue weighted by atomic mass is 16.6. The number of rotatable bonds is 6. The second kappa shape index (κ2) is 23.1. The van der Waals surface area contributed by atoms with Gasteiger partial charge in [-0.1, -0.05) is 61.2 Å². The third-order valence-electron chi connectivity index (χ3n) is 9.33. The molecule has 0 bridgehead atoms. The minimum absolute atomic E-state index is 0.529. The fraction of sp³-hybridized carbons (Fsp3) is 0.500. The zero-order chi connectivity index (χ0) is 36.8. The van der Waals surface area contributed by atoms with Gasteiger partial charge in [0.05, 0.1) is 112 Å². The molecule has 286 valence electrons. The van der Waals surface area contributed by atoms with Crippen molar-refractivity contribution >= 4 is 17.5 Å². The van der Waals surface area contributed by atoms with Crippen LogP contribution in [0.25, 0.3) is 6.08 Å². The second-order valence-corrected chi connectivity index (χ2v) is 12.7. The molecule has 0 atom stereocenters. The van der Waals surface area contributed by atoms with Crippen molar-refractivity contribution in [3.05, 3.63) is 102 Å². The van der Waals surface area contributed by atoms with E-state index in [1.807, 2.05) is 30.3 Å². The van der Waals surface area contributed by atoms with Gasteiger partial charge in [-0.15, -0.1) is 0 Å². The molecule has 2 aliphatic heterocycles. The Labute approximate surface area is 314 Å². The van der Waals surface area contributed by atoms with Crippen LogP contribution >= 0.6 is 0 Å². The largest absolute Gasteiger partial charge is 0.377 e. The van der Waals surface area contributed by atoms with E-state index >= 15 is 0 Å². The number of benzene rings is 3. The van der Waals surface area contributed by atoms with E-state index in [-0.39, 0.29) is 0 Å². The van der Waals surface area contributed by atoms with E-state index in [0.717, 1.165) is 33.6 Å². The molecule has 2 fully saturated rings. The number of anilines is 2. The molecule has 53 heavy (non-hydrogen) atoms. The SMILES string of the molecule is C=Cc1ccc(C(C#N)(c2ccc(N3CCOCCOCCOCCOCC3)cc2)c2ccc(N3CCOCCOCCOCCOCC3)cc2)cc1. The second-order valence-electron chi connectivity index (χ2n) is 12.7. The molecule has 0 aromatic heterocycles. The first-order chi connectivity index (χ1) is 26.2. The van der Waals surface area contributed by atoms with Gasteiger partial charge in [0.25, 0.3) is 0 Å². The first kappa shape index (κ1) is 40.4. The van der Waals surface area contributed by atoms with Gasteiger partial charge in [0.15, 0.2) is 0 Å². The summed E-state index contributed by atoms with van der Waals surface area (Å²) in [5, 5.41) is 11.2. The Bertz CT molecular complexity index is 1390. The highest BCUT2D eigenvalue weighted by molar-refractivity contribution is 5.62. The van der Waals surface area contributed by atoms with Crippen LogP contribution in [0.1, 0.15) is 22.3 Å². The highest BCUT2D eigenvalue weighted by Gasteiger charge is 2.37. The van der Waals surface area contributed by atoms with E-state index in [0.29, 0.717) is 132 Å². The number of ether oxygens (including phenoxy) is 8. The average molecular weight is 730 g/mol. The lowest BCUT2D eigenvalue weighted by atomic mass is 9.70. The standard InChI is InChI=1S/C42H55N3O8/c1-2-36-3-5-37(6-4-36)42(35-43,38-7-11-40(12-8-38)44-15-19-46-23-27-50-31-32-51-28-24-47-20-16-44)39-9-13-41(14-10-39)45-17-21-48-25-29-52-33-34-53-30-26-49-22-18-45/h2-14H,1,15-34H2. The molecule has 2 heterocycles. The lowest BCUT2D eigenvalue weighted by Crippen LogP contribution is -2.32. The van der Waals surface area contributed by atoms with Crippen molar-refractivity contribution in [2.24, 2.45) is 0 Å². The summed E-state index contributed by atoms with van der Waals surface area (Å²) in [6, 6.07) is 27.4. The van der Waals surface area contributed by atoms with Crippen molar-refractivity contribution in [3.8, 4) is 6.07 Å². The Kier molecular flexibility index (Phi) is 17.6. The normalized spacial score (nSPS) is 19.1. The summed E-state index contributed by atoms with van der Waals surface area (Å²) in [6.45, 7) is 15.4. The molecule has 5 rings (SSSR count). The first-order valence-electron chi connectivity index (χ1n) is 18.7. The Balaban J connectivity index is 1.39. The molecule has 0 N–H and O–H groups in total. The van der Waals surface area contributed by atoms with Crippen molar-refractivity contribution < 1.29 is 37.9 Å². The number of hydrogen-bond donors (Lipinski definition) is 0.